The van der Waals surface area contributed by atoms with Gasteiger partial charge in [0.25, 0.3) is 10.0 Å². The second-order valence-electron chi connectivity index (χ2n) is 8.29. The molecule has 164 valence electrons. The predicted molar refractivity (Wildman–Crippen MR) is 121 cm³/mol. The minimum atomic E-state index is -3.69. The Bertz CT molecular complexity index is 1060. The molecule has 4 rings (SSSR count). The van der Waals surface area contributed by atoms with E-state index in [1.54, 1.807) is 24.3 Å². The number of piperazine rings is 1. The van der Waals surface area contributed by atoms with Crippen LogP contribution in [0.2, 0.25) is 0 Å². The third-order valence-electron chi connectivity index (χ3n) is 5.71. The molecule has 0 aliphatic carbocycles. The number of para-hydroxylation sites is 1. The van der Waals surface area contributed by atoms with Crippen LogP contribution in [0.15, 0.2) is 63.9 Å². The van der Waals surface area contributed by atoms with E-state index in [0.717, 1.165) is 32.7 Å². The molecule has 1 fully saturated rings. The van der Waals surface area contributed by atoms with E-state index >= 15 is 0 Å². The van der Waals surface area contributed by atoms with Crippen LogP contribution in [0.5, 0.6) is 0 Å². The number of nitrogens with one attached hydrogen (secondary N) is 1. The maximum absolute atomic E-state index is 12.8. The van der Waals surface area contributed by atoms with Gasteiger partial charge in [-0.25, -0.2) is 0 Å². The Morgan fingerprint density at radius 2 is 1.71 bits per heavy atom. The number of carbonyl (C=O) groups excluding carboxylic acids is 1. The van der Waals surface area contributed by atoms with Gasteiger partial charge in [-0.3, -0.25) is 9.69 Å². The number of sulfonamides is 1. The van der Waals surface area contributed by atoms with E-state index in [0.29, 0.717) is 24.4 Å². The van der Waals surface area contributed by atoms with Crippen molar-refractivity contribution in [1.29, 1.82) is 0 Å². The Balaban J connectivity index is 1.27. The molecule has 1 N–H and O–H groups in total. The monoisotopic (exact) mass is 440 g/mol. The van der Waals surface area contributed by atoms with Crippen LogP contribution in [0.3, 0.4) is 0 Å². The summed E-state index contributed by atoms with van der Waals surface area (Å²) in [7, 11) is -3.69. The summed E-state index contributed by atoms with van der Waals surface area (Å²) < 4.78 is 28.7. The second-order valence-corrected chi connectivity index (χ2v) is 9.86. The van der Waals surface area contributed by atoms with Crippen molar-refractivity contribution in [1.82, 2.24) is 9.80 Å². The molecule has 0 saturated carbocycles. The molecule has 2 heterocycles. The number of rotatable bonds is 6. The Kier molecular flexibility index (Phi) is 6.38. The standard InChI is InChI=1S/C23H28N4O3S/c1-18(15-22-24-20-9-5-6-10-21(20)31(29,30)25-22)16-23(28)27-13-11-26(12-14-27)17-19-7-3-2-4-8-19/h2-10,18H,11-17H2,1H3,(H,24,25). The first kappa shape index (κ1) is 21.5. The van der Waals surface area contributed by atoms with E-state index in [2.05, 4.69) is 26.7 Å². The predicted octanol–water partition coefficient (Wildman–Crippen LogP) is 2.96. The first-order valence-corrected chi connectivity index (χ1v) is 12.1. The first-order chi connectivity index (χ1) is 14.9. The van der Waals surface area contributed by atoms with E-state index in [-0.39, 0.29) is 16.7 Å². The number of anilines is 1. The van der Waals surface area contributed by atoms with Crippen LogP contribution in [-0.4, -0.2) is 56.1 Å². The molecule has 1 saturated heterocycles. The third kappa shape index (κ3) is 5.32. The normalized spacial score (nSPS) is 19.1. The Morgan fingerprint density at radius 3 is 2.45 bits per heavy atom. The summed E-state index contributed by atoms with van der Waals surface area (Å²) in [6, 6.07) is 17.1. The van der Waals surface area contributed by atoms with Gasteiger partial charge in [-0.1, -0.05) is 49.4 Å². The first-order valence-electron chi connectivity index (χ1n) is 10.6. The molecule has 0 spiro atoms. The molecule has 1 unspecified atom stereocenters. The van der Waals surface area contributed by atoms with Crippen LogP contribution in [-0.2, 0) is 21.4 Å². The van der Waals surface area contributed by atoms with Crippen molar-refractivity contribution in [2.24, 2.45) is 10.3 Å². The lowest BCUT2D eigenvalue weighted by Crippen LogP contribution is -2.48. The highest BCUT2D eigenvalue weighted by molar-refractivity contribution is 7.90. The molecule has 7 nitrogen and oxygen atoms in total. The quantitative estimate of drug-likeness (QED) is 0.747. The van der Waals surface area contributed by atoms with Gasteiger partial charge in [-0.2, -0.15) is 8.42 Å². The summed E-state index contributed by atoms with van der Waals surface area (Å²) in [5, 5.41) is 3.10. The van der Waals surface area contributed by atoms with Crippen molar-refractivity contribution < 1.29 is 13.2 Å². The minimum Gasteiger partial charge on any atom is -0.342 e. The van der Waals surface area contributed by atoms with Gasteiger partial charge in [0.2, 0.25) is 5.91 Å². The van der Waals surface area contributed by atoms with E-state index < -0.39 is 10.0 Å². The molecule has 1 atom stereocenters. The molecule has 0 aromatic heterocycles. The van der Waals surface area contributed by atoms with Crippen molar-refractivity contribution >= 4 is 27.5 Å². The van der Waals surface area contributed by atoms with Crippen molar-refractivity contribution in [2.45, 2.75) is 31.2 Å². The number of benzene rings is 2. The number of hydrogen-bond donors (Lipinski definition) is 1. The number of amidine groups is 1. The van der Waals surface area contributed by atoms with Crippen molar-refractivity contribution in [2.75, 3.05) is 31.5 Å². The molecule has 2 aliphatic rings. The van der Waals surface area contributed by atoms with Crippen LogP contribution >= 0.6 is 0 Å². The molecule has 2 aromatic carbocycles. The molecule has 0 radical (unpaired) electrons. The van der Waals surface area contributed by atoms with Crippen LogP contribution in [0.25, 0.3) is 0 Å². The van der Waals surface area contributed by atoms with Crippen molar-refractivity contribution in [3.8, 4) is 0 Å². The molecule has 1 amide bonds. The van der Waals surface area contributed by atoms with Gasteiger partial charge in [-0.05, 0) is 23.6 Å². The molecular weight excluding hydrogens is 412 g/mol. The largest absolute Gasteiger partial charge is 0.342 e. The van der Waals surface area contributed by atoms with Gasteiger partial charge in [0.15, 0.2) is 0 Å². The smallest absolute Gasteiger partial charge is 0.286 e. The SMILES string of the molecule is CC(CC(=O)N1CCN(Cc2ccccc2)CC1)CC1=NS(=O)(=O)c2ccccc2N1. The summed E-state index contributed by atoms with van der Waals surface area (Å²) in [4.78, 5) is 17.2. The highest BCUT2D eigenvalue weighted by atomic mass is 32.2. The fourth-order valence-corrected chi connectivity index (χ4v) is 5.24. The summed E-state index contributed by atoms with van der Waals surface area (Å²) in [5.41, 5.74) is 1.83. The lowest BCUT2D eigenvalue weighted by molar-refractivity contribution is -0.133. The van der Waals surface area contributed by atoms with Crippen LogP contribution < -0.4 is 5.32 Å². The zero-order valence-electron chi connectivity index (χ0n) is 17.7. The van der Waals surface area contributed by atoms with Crippen LogP contribution in [0, 0.1) is 5.92 Å². The maximum atomic E-state index is 12.8. The highest BCUT2D eigenvalue weighted by Crippen LogP contribution is 2.28. The molecular formula is C23H28N4O3S. The van der Waals surface area contributed by atoms with E-state index in [9.17, 15) is 13.2 Å². The number of hydrogen-bond acceptors (Lipinski definition) is 5. The average Bonchev–Trinajstić information content (AvgIpc) is 2.74. The Labute approximate surface area is 183 Å². The summed E-state index contributed by atoms with van der Waals surface area (Å²) in [6.45, 7) is 6.02. The van der Waals surface area contributed by atoms with E-state index in [1.165, 1.54) is 5.56 Å². The number of nitrogens with zero attached hydrogens (tertiary/aromatic N) is 3. The van der Waals surface area contributed by atoms with Gasteiger partial charge in [0.1, 0.15) is 10.7 Å². The Hall–Kier alpha value is -2.71. The zero-order chi connectivity index (χ0) is 21.8. The lowest BCUT2D eigenvalue weighted by atomic mass is 10.0. The number of fused-ring (bicyclic) bond motifs is 1. The molecule has 2 aromatic rings. The van der Waals surface area contributed by atoms with E-state index in [4.69, 9.17) is 0 Å². The zero-order valence-corrected chi connectivity index (χ0v) is 18.5. The number of amides is 1. The molecule has 2 aliphatic heterocycles. The van der Waals surface area contributed by atoms with Gasteiger partial charge in [-0.15, -0.1) is 4.40 Å². The van der Waals surface area contributed by atoms with Gasteiger partial charge < -0.3 is 10.2 Å². The van der Waals surface area contributed by atoms with Gasteiger partial charge in [0, 0.05) is 45.6 Å². The fourth-order valence-electron chi connectivity index (χ4n) is 4.08. The van der Waals surface area contributed by atoms with Gasteiger partial charge >= 0.3 is 0 Å². The summed E-state index contributed by atoms with van der Waals surface area (Å²) in [6.07, 6.45) is 0.786. The highest BCUT2D eigenvalue weighted by Gasteiger charge is 2.27. The van der Waals surface area contributed by atoms with Crippen molar-refractivity contribution in [3.63, 3.8) is 0 Å². The van der Waals surface area contributed by atoms with Crippen LogP contribution in [0.1, 0.15) is 25.3 Å². The van der Waals surface area contributed by atoms with Crippen molar-refractivity contribution in [3.05, 3.63) is 60.2 Å². The average molecular weight is 441 g/mol. The molecule has 31 heavy (non-hydrogen) atoms. The van der Waals surface area contributed by atoms with E-state index in [1.807, 2.05) is 30.0 Å². The second kappa shape index (κ2) is 9.20. The molecule has 8 heteroatoms. The third-order valence-corrected chi connectivity index (χ3v) is 7.09. The lowest BCUT2D eigenvalue weighted by Gasteiger charge is -2.35. The summed E-state index contributed by atoms with van der Waals surface area (Å²) in [5.74, 6) is 0.500. The Morgan fingerprint density at radius 1 is 1.03 bits per heavy atom. The fraction of sp³-hybridized carbons (Fsp3) is 0.391. The maximum Gasteiger partial charge on any atom is 0.286 e. The van der Waals surface area contributed by atoms with Crippen LogP contribution in [0.4, 0.5) is 5.69 Å². The minimum absolute atomic E-state index is 0.0124. The number of carbonyl (C=O) groups is 1. The summed E-state index contributed by atoms with van der Waals surface area (Å²) >= 11 is 0. The van der Waals surface area contributed by atoms with Gasteiger partial charge in [0.05, 0.1) is 5.69 Å². The molecule has 0 bridgehead atoms. The topological polar surface area (TPSA) is 82.1 Å².